The molecule has 0 amide bonds. The van der Waals surface area contributed by atoms with Gasteiger partial charge in [-0.25, -0.2) is 4.39 Å². The van der Waals surface area contributed by atoms with Crippen LogP contribution in [0, 0.1) is 11.7 Å². The third-order valence-electron chi connectivity index (χ3n) is 9.18. The summed E-state index contributed by atoms with van der Waals surface area (Å²) in [5.41, 5.74) is 2.51. The Morgan fingerprint density at radius 3 is 2.34 bits per heavy atom. The molecule has 1 spiro atoms. The van der Waals surface area contributed by atoms with E-state index >= 15 is 0 Å². The van der Waals surface area contributed by atoms with Gasteiger partial charge >= 0.3 is 5.97 Å². The molecule has 2 aromatic carbocycles. The van der Waals surface area contributed by atoms with Gasteiger partial charge in [-0.2, -0.15) is 0 Å². The van der Waals surface area contributed by atoms with Crippen molar-refractivity contribution < 1.29 is 18.3 Å². The normalized spacial score (nSPS) is 18.4. The lowest BCUT2D eigenvalue weighted by molar-refractivity contribution is -0.160. The lowest BCUT2D eigenvalue weighted by Crippen LogP contribution is -2.47. The summed E-state index contributed by atoms with van der Waals surface area (Å²) in [6.45, 7) is 20.0. The van der Waals surface area contributed by atoms with Crippen molar-refractivity contribution in [2.75, 3.05) is 38.1 Å². The van der Waals surface area contributed by atoms with Crippen LogP contribution in [0.2, 0.25) is 23.2 Å². The first-order chi connectivity index (χ1) is 18.9. The van der Waals surface area contributed by atoms with E-state index in [0.717, 1.165) is 55.0 Å². The third-order valence-corrected chi connectivity index (χ3v) is 13.9. The lowest BCUT2D eigenvalue weighted by atomic mass is 9.74. The number of carbonyl (C=O) groups is 1. The number of likely N-dealkylation sites (N-methyl/N-ethyl adjacent to an activating group) is 1. The van der Waals surface area contributed by atoms with Gasteiger partial charge in [0, 0.05) is 36.3 Å². The molecular formula is C33H48ClFN2O3Si. The topological polar surface area (TPSA) is 42.0 Å². The number of piperidine rings is 1. The Labute approximate surface area is 252 Å². The maximum absolute atomic E-state index is 14.2. The second kappa shape index (κ2) is 11.5. The summed E-state index contributed by atoms with van der Waals surface area (Å²) in [4.78, 5) is 18.1. The van der Waals surface area contributed by atoms with Crippen molar-refractivity contribution >= 4 is 31.6 Å². The summed E-state index contributed by atoms with van der Waals surface area (Å²) in [6.07, 6.45) is 2.32. The highest BCUT2D eigenvalue weighted by atomic mass is 35.5. The van der Waals surface area contributed by atoms with E-state index in [9.17, 15) is 9.18 Å². The van der Waals surface area contributed by atoms with E-state index in [0.29, 0.717) is 18.0 Å². The fourth-order valence-corrected chi connectivity index (χ4v) is 7.10. The van der Waals surface area contributed by atoms with Gasteiger partial charge < -0.3 is 19.0 Å². The number of likely N-dealkylation sites (tertiary alicyclic amines) is 1. The largest absolute Gasteiger partial charge is 0.543 e. The van der Waals surface area contributed by atoms with E-state index < -0.39 is 13.9 Å². The Kier molecular flexibility index (Phi) is 8.96. The Morgan fingerprint density at radius 2 is 1.73 bits per heavy atom. The molecule has 2 heterocycles. The van der Waals surface area contributed by atoms with Crippen LogP contribution in [0.25, 0.3) is 0 Å². The quantitative estimate of drug-likeness (QED) is 0.238. The molecule has 1 saturated heterocycles. The number of nitrogens with zero attached hydrogens (tertiary/aromatic N) is 2. The van der Waals surface area contributed by atoms with Crippen LogP contribution in [0.5, 0.6) is 5.75 Å². The van der Waals surface area contributed by atoms with Gasteiger partial charge in [0.25, 0.3) is 0 Å². The summed E-state index contributed by atoms with van der Waals surface area (Å²) < 4.78 is 26.7. The van der Waals surface area contributed by atoms with Crippen molar-refractivity contribution in [2.24, 2.45) is 5.92 Å². The fraction of sp³-hybridized carbons (Fsp3) is 0.606. The van der Waals surface area contributed by atoms with E-state index in [-0.39, 0.29) is 28.2 Å². The molecule has 0 N–H and O–H groups in total. The molecule has 0 aromatic heterocycles. The number of benzene rings is 2. The van der Waals surface area contributed by atoms with Gasteiger partial charge in [-0.3, -0.25) is 4.79 Å². The summed E-state index contributed by atoms with van der Waals surface area (Å²) >= 11 is 6.69. The van der Waals surface area contributed by atoms with Crippen molar-refractivity contribution in [3.05, 3.63) is 58.4 Å². The van der Waals surface area contributed by atoms with E-state index in [1.807, 2.05) is 45.0 Å². The highest BCUT2D eigenvalue weighted by Gasteiger charge is 2.44. The van der Waals surface area contributed by atoms with Crippen LogP contribution in [-0.2, 0) is 21.4 Å². The molecule has 4 rings (SSSR count). The average Bonchev–Trinajstić information content (AvgIpc) is 3.10. The van der Waals surface area contributed by atoms with E-state index in [1.54, 1.807) is 12.1 Å². The third kappa shape index (κ3) is 7.29. The summed E-state index contributed by atoms with van der Waals surface area (Å²) in [5, 5.41) is 0.698. The second-order valence-electron chi connectivity index (χ2n) is 14.6. The van der Waals surface area contributed by atoms with Gasteiger partial charge in [-0.05, 0) is 119 Å². The van der Waals surface area contributed by atoms with Crippen LogP contribution in [0.15, 0.2) is 36.4 Å². The number of hydrogen-bond acceptors (Lipinski definition) is 5. The zero-order chi connectivity index (χ0) is 30.4. The average molecular weight is 603 g/mol. The van der Waals surface area contributed by atoms with Crippen molar-refractivity contribution in [1.29, 1.82) is 0 Å². The van der Waals surface area contributed by atoms with Crippen LogP contribution in [0.1, 0.15) is 65.5 Å². The minimum absolute atomic E-state index is 0.0528. The number of hydrogen-bond donors (Lipinski definition) is 0. The molecule has 2 aliphatic heterocycles. The first-order valence-electron chi connectivity index (χ1n) is 14.8. The molecule has 2 aliphatic rings. The second-order valence-corrected chi connectivity index (χ2v) is 19.8. The summed E-state index contributed by atoms with van der Waals surface area (Å²) in [7, 11) is 0.0522. The Bertz CT molecular complexity index is 1260. The molecule has 5 nitrogen and oxygen atoms in total. The number of rotatable bonds is 7. The standard InChI is InChI=1S/C33H48ClFN2O3Si/c1-31(2,3)39-30(38)24(18-23-19-26(11-12-28(23)34)40-41(8,9)32(4,5)6)21-37-16-14-33(15-17-37)22-36(7)29-13-10-25(35)20-27(29)33/h10-13,19-20,24H,14-18,21-22H2,1-9H3. The molecular weight excluding hydrogens is 555 g/mol. The highest BCUT2D eigenvalue weighted by Crippen LogP contribution is 2.47. The van der Waals surface area contributed by atoms with Crippen LogP contribution in [-0.4, -0.2) is 58.0 Å². The Hall–Kier alpha value is -2.09. The molecule has 1 unspecified atom stereocenters. The monoisotopic (exact) mass is 602 g/mol. The fourth-order valence-electron chi connectivity index (χ4n) is 5.88. The Balaban J connectivity index is 1.52. The lowest BCUT2D eigenvalue weighted by Gasteiger charge is -2.41. The van der Waals surface area contributed by atoms with Gasteiger partial charge in [0.15, 0.2) is 0 Å². The van der Waals surface area contributed by atoms with Crippen LogP contribution in [0.4, 0.5) is 10.1 Å². The highest BCUT2D eigenvalue weighted by molar-refractivity contribution is 6.74. The number of fused-ring (bicyclic) bond motifs is 2. The number of anilines is 1. The number of esters is 1. The summed E-state index contributed by atoms with van der Waals surface area (Å²) in [6, 6.07) is 11.0. The van der Waals surface area contributed by atoms with Crippen LogP contribution < -0.4 is 9.33 Å². The predicted molar refractivity (Wildman–Crippen MR) is 169 cm³/mol. The van der Waals surface area contributed by atoms with Gasteiger partial charge in [0.05, 0.1) is 5.92 Å². The molecule has 1 atom stereocenters. The maximum atomic E-state index is 14.2. The molecule has 0 saturated carbocycles. The summed E-state index contributed by atoms with van der Waals surface area (Å²) in [5.74, 6) is 0.0371. The van der Waals surface area contributed by atoms with Gasteiger partial charge in [-0.1, -0.05) is 32.4 Å². The molecule has 0 radical (unpaired) electrons. The smallest absolute Gasteiger partial charge is 0.311 e. The molecule has 1 fully saturated rings. The van der Waals surface area contributed by atoms with Gasteiger partial charge in [-0.15, -0.1) is 0 Å². The minimum atomic E-state index is -2.03. The molecule has 2 aromatic rings. The van der Waals surface area contributed by atoms with Crippen molar-refractivity contribution in [1.82, 2.24) is 4.90 Å². The van der Waals surface area contributed by atoms with E-state index in [2.05, 4.69) is 50.7 Å². The minimum Gasteiger partial charge on any atom is -0.543 e. The van der Waals surface area contributed by atoms with Crippen molar-refractivity contribution in [3.63, 3.8) is 0 Å². The predicted octanol–water partition coefficient (Wildman–Crippen LogP) is 7.85. The SMILES string of the molecule is CN1CC2(CCN(CC(Cc3cc(O[Si](C)(C)C(C)(C)C)ccc3Cl)C(=O)OC(C)(C)C)CC2)c2cc(F)ccc21. The number of ether oxygens (including phenoxy) is 1. The Morgan fingerprint density at radius 1 is 1.07 bits per heavy atom. The molecule has 41 heavy (non-hydrogen) atoms. The van der Waals surface area contributed by atoms with Gasteiger partial charge in [0.1, 0.15) is 17.2 Å². The number of carbonyl (C=O) groups excluding carboxylic acids is 1. The van der Waals surface area contributed by atoms with Gasteiger partial charge in [0.2, 0.25) is 8.32 Å². The number of halogens is 2. The first-order valence-corrected chi connectivity index (χ1v) is 18.1. The molecule has 8 heteroatoms. The van der Waals surface area contributed by atoms with Crippen LogP contribution in [0.3, 0.4) is 0 Å². The molecule has 0 aliphatic carbocycles. The van der Waals surface area contributed by atoms with Crippen LogP contribution >= 0.6 is 11.6 Å². The van der Waals surface area contributed by atoms with E-state index in [1.165, 1.54) is 0 Å². The van der Waals surface area contributed by atoms with Crippen molar-refractivity contribution in [3.8, 4) is 5.75 Å². The molecule has 0 bridgehead atoms. The molecule has 226 valence electrons. The first kappa shape index (κ1) is 31.8. The zero-order valence-electron chi connectivity index (χ0n) is 26.4. The zero-order valence-corrected chi connectivity index (χ0v) is 28.1. The van der Waals surface area contributed by atoms with Crippen molar-refractivity contribution in [2.45, 2.75) is 90.0 Å². The van der Waals surface area contributed by atoms with E-state index in [4.69, 9.17) is 20.8 Å². The maximum Gasteiger partial charge on any atom is 0.311 e.